The van der Waals surface area contributed by atoms with Crippen LogP contribution in [0.4, 0.5) is 5.95 Å². The van der Waals surface area contributed by atoms with E-state index in [0.29, 0.717) is 12.3 Å². The molecule has 0 bridgehead atoms. The Morgan fingerprint density at radius 1 is 1.17 bits per heavy atom. The second kappa shape index (κ2) is 8.83. The number of hydrogen-bond acceptors (Lipinski definition) is 6. The van der Waals surface area contributed by atoms with Crippen molar-refractivity contribution in [3.63, 3.8) is 0 Å². The molecule has 0 fully saturated rings. The van der Waals surface area contributed by atoms with Crippen molar-refractivity contribution in [2.75, 3.05) is 12.3 Å². The van der Waals surface area contributed by atoms with Crippen LogP contribution in [0.15, 0.2) is 30.3 Å². The molecule has 0 radical (unpaired) electrons. The van der Waals surface area contributed by atoms with Gasteiger partial charge < -0.3 is 10.5 Å². The molecule has 1 aromatic carbocycles. The molecule has 0 unspecified atom stereocenters. The van der Waals surface area contributed by atoms with Crippen molar-refractivity contribution in [3.8, 4) is 17.0 Å². The van der Waals surface area contributed by atoms with Gasteiger partial charge in [-0.15, -0.1) is 0 Å². The summed E-state index contributed by atoms with van der Waals surface area (Å²) in [7, 11) is 0. The van der Waals surface area contributed by atoms with Crippen LogP contribution in [0.2, 0.25) is 0 Å². The van der Waals surface area contributed by atoms with Gasteiger partial charge in [0.1, 0.15) is 11.4 Å². The Morgan fingerprint density at radius 3 is 2.58 bits per heavy atom. The molecule has 7 heteroatoms. The SMILES string of the molecule is CCCCCCOc1ccc(-c2cc(C(=O)NN)nc(N)n2)cc1. The van der Waals surface area contributed by atoms with Gasteiger partial charge in [0.25, 0.3) is 5.91 Å². The number of nitrogens with one attached hydrogen (secondary N) is 1. The number of hydrazine groups is 1. The van der Waals surface area contributed by atoms with Gasteiger partial charge in [0.2, 0.25) is 5.95 Å². The molecule has 0 saturated carbocycles. The lowest BCUT2D eigenvalue weighted by atomic mass is 10.1. The van der Waals surface area contributed by atoms with E-state index in [1.54, 1.807) is 6.07 Å². The Labute approximate surface area is 141 Å². The van der Waals surface area contributed by atoms with Crippen LogP contribution in [0, 0.1) is 0 Å². The standard InChI is InChI=1S/C17H23N5O2/c1-2-3-4-5-10-24-13-8-6-12(7-9-13)14-11-15(16(23)22-19)21-17(18)20-14/h6-9,11H,2-5,10,19H2,1H3,(H,22,23)(H2,18,20,21). The second-order valence-corrected chi connectivity index (χ2v) is 5.40. The quantitative estimate of drug-likeness (QED) is 0.296. The Hall–Kier alpha value is -2.67. The van der Waals surface area contributed by atoms with Crippen LogP contribution in [-0.2, 0) is 0 Å². The van der Waals surface area contributed by atoms with Crippen molar-refractivity contribution < 1.29 is 9.53 Å². The van der Waals surface area contributed by atoms with Crippen LogP contribution >= 0.6 is 0 Å². The number of amides is 1. The Kier molecular flexibility index (Phi) is 6.51. The maximum atomic E-state index is 11.6. The summed E-state index contributed by atoms with van der Waals surface area (Å²) in [6.45, 7) is 2.89. The number of carbonyl (C=O) groups excluding carboxylic acids is 1. The first kappa shape index (κ1) is 17.7. The first-order valence-electron chi connectivity index (χ1n) is 8.02. The Bertz CT molecular complexity index is 673. The van der Waals surface area contributed by atoms with Crippen molar-refractivity contribution >= 4 is 11.9 Å². The van der Waals surface area contributed by atoms with E-state index in [-0.39, 0.29) is 11.6 Å². The van der Waals surface area contributed by atoms with Crippen LogP contribution in [0.25, 0.3) is 11.3 Å². The van der Waals surface area contributed by atoms with Gasteiger partial charge in [-0.2, -0.15) is 0 Å². The molecule has 24 heavy (non-hydrogen) atoms. The van der Waals surface area contributed by atoms with Crippen LogP contribution in [0.5, 0.6) is 5.75 Å². The molecule has 2 aromatic rings. The number of nitrogens with zero attached hydrogens (tertiary/aromatic N) is 2. The zero-order valence-electron chi connectivity index (χ0n) is 13.8. The highest BCUT2D eigenvalue weighted by atomic mass is 16.5. The fourth-order valence-corrected chi connectivity index (χ4v) is 2.24. The highest BCUT2D eigenvalue weighted by Crippen LogP contribution is 2.22. The van der Waals surface area contributed by atoms with E-state index in [9.17, 15) is 4.79 Å². The molecule has 128 valence electrons. The average Bonchev–Trinajstić information content (AvgIpc) is 2.61. The third kappa shape index (κ3) is 4.92. The molecule has 0 aliphatic rings. The number of carbonyl (C=O) groups is 1. The first-order valence-corrected chi connectivity index (χ1v) is 8.02. The van der Waals surface area contributed by atoms with Gasteiger partial charge >= 0.3 is 0 Å². The minimum absolute atomic E-state index is 0.0161. The number of nitrogens with two attached hydrogens (primary N) is 2. The van der Waals surface area contributed by atoms with Gasteiger partial charge in [-0.05, 0) is 36.8 Å². The van der Waals surface area contributed by atoms with Gasteiger partial charge in [0.05, 0.1) is 12.3 Å². The number of nitrogen functional groups attached to an aromatic ring is 2. The number of aromatic nitrogens is 2. The van der Waals surface area contributed by atoms with Crippen LogP contribution < -0.4 is 21.7 Å². The van der Waals surface area contributed by atoms with Crippen molar-refractivity contribution in [3.05, 3.63) is 36.0 Å². The predicted molar refractivity (Wildman–Crippen MR) is 93.2 cm³/mol. The Morgan fingerprint density at radius 2 is 1.92 bits per heavy atom. The molecule has 2 rings (SSSR count). The highest BCUT2D eigenvalue weighted by molar-refractivity contribution is 5.93. The molecule has 1 heterocycles. The zero-order chi connectivity index (χ0) is 17.4. The number of ether oxygens (including phenoxy) is 1. The summed E-state index contributed by atoms with van der Waals surface area (Å²) in [5.74, 6) is 5.43. The van der Waals surface area contributed by atoms with Crippen molar-refractivity contribution in [2.45, 2.75) is 32.6 Å². The minimum Gasteiger partial charge on any atom is -0.494 e. The maximum Gasteiger partial charge on any atom is 0.283 e. The van der Waals surface area contributed by atoms with Crippen LogP contribution in [0.3, 0.4) is 0 Å². The zero-order valence-corrected chi connectivity index (χ0v) is 13.8. The molecular weight excluding hydrogens is 306 g/mol. The fourth-order valence-electron chi connectivity index (χ4n) is 2.24. The summed E-state index contributed by atoms with van der Waals surface area (Å²) in [5, 5.41) is 0. The maximum absolute atomic E-state index is 11.6. The summed E-state index contributed by atoms with van der Waals surface area (Å²) in [4.78, 5) is 19.6. The number of hydrogen-bond donors (Lipinski definition) is 3. The summed E-state index contributed by atoms with van der Waals surface area (Å²) in [6, 6.07) is 9.02. The van der Waals surface area contributed by atoms with Crippen LogP contribution in [0.1, 0.15) is 43.1 Å². The summed E-state index contributed by atoms with van der Waals surface area (Å²) in [6.07, 6.45) is 4.67. The fraction of sp³-hybridized carbons (Fsp3) is 0.353. The topological polar surface area (TPSA) is 116 Å². The summed E-state index contributed by atoms with van der Waals surface area (Å²) < 4.78 is 5.71. The van der Waals surface area contributed by atoms with Crippen molar-refractivity contribution in [1.82, 2.24) is 15.4 Å². The lowest BCUT2D eigenvalue weighted by molar-refractivity contribution is 0.0948. The smallest absolute Gasteiger partial charge is 0.283 e. The minimum atomic E-state index is -0.516. The molecule has 1 amide bonds. The first-order chi connectivity index (χ1) is 11.6. The lowest BCUT2D eigenvalue weighted by Gasteiger charge is -2.08. The monoisotopic (exact) mass is 329 g/mol. The van der Waals surface area contributed by atoms with Crippen molar-refractivity contribution in [1.29, 1.82) is 0 Å². The van der Waals surface area contributed by atoms with E-state index in [1.165, 1.54) is 19.3 Å². The molecular formula is C17H23N5O2. The summed E-state index contributed by atoms with van der Waals surface area (Å²) >= 11 is 0. The number of rotatable bonds is 8. The average molecular weight is 329 g/mol. The predicted octanol–water partition coefficient (Wildman–Crippen LogP) is 2.29. The molecule has 7 nitrogen and oxygen atoms in total. The molecule has 5 N–H and O–H groups in total. The van der Waals surface area contributed by atoms with E-state index in [0.717, 1.165) is 17.7 Å². The molecule has 0 saturated heterocycles. The molecule has 0 atom stereocenters. The van der Waals surface area contributed by atoms with E-state index in [2.05, 4.69) is 16.9 Å². The second-order valence-electron chi connectivity index (χ2n) is 5.40. The number of benzene rings is 1. The number of unbranched alkanes of at least 4 members (excludes halogenated alkanes) is 3. The van der Waals surface area contributed by atoms with E-state index >= 15 is 0 Å². The van der Waals surface area contributed by atoms with Gasteiger partial charge in [-0.25, -0.2) is 15.8 Å². The lowest BCUT2D eigenvalue weighted by Crippen LogP contribution is -2.31. The molecule has 1 aromatic heterocycles. The largest absolute Gasteiger partial charge is 0.494 e. The van der Waals surface area contributed by atoms with E-state index in [1.807, 2.05) is 29.7 Å². The van der Waals surface area contributed by atoms with Gasteiger partial charge in [0.15, 0.2) is 0 Å². The van der Waals surface area contributed by atoms with Gasteiger partial charge in [-0.1, -0.05) is 26.2 Å². The van der Waals surface area contributed by atoms with Gasteiger partial charge in [-0.3, -0.25) is 10.2 Å². The third-order valence-electron chi connectivity index (χ3n) is 3.52. The van der Waals surface area contributed by atoms with Gasteiger partial charge in [0, 0.05) is 5.56 Å². The van der Waals surface area contributed by atoms with E-state index in [4.69, 9.17) is 16.3 Å². The number of anilines is 1. The molecule has 0 aliphatic carbocycles. The Balaban J connectivity index is 2.05. The van der Waals surface area contributed by atoms with Crippen molar-refractivity contribution in [2.24, 2.45) is 5.84 Å². The highest BCUT2D eigenvalue weighted by Gasteiger charge is 2.10. The normalized spacial score (nSPS) is 10.4. The molecule has 0 aliphatic heterocycles. The van der Waals surface area contributed by atoms with E-state index < -0.39 is 5.91 Å². The van der Waals surface area contributed by atoms with Crippen LogP contribution in [-0.4, -0.2) is 22.5 Å². The summed E-state index contributed by atoms with van der Waals surface area (Å²) in [5.41, 5.74) is 9.17. The molecule has 0 spiro atoms. The third-order valence-corrected chi connectivity index (χ3v) is 3.52.